The Bertz CT molecular complexity index is 705. The summed E-state index contributed by atoms with van der Waals surface area (Å²) >= 11 is 0. The number of hydrogen-bond donors (Lipinski definition) is 1. The van der Waals surface area contributed by atoms with Crippen molar-refractivity contribution in [2.24, 2.45) is 7.05 Å². The van der Waals surface area contributed by atoms with E-state index in [9.17, 15) is 9.59 Å². The van der Waals surface area contributed by atoms with Gasteiger partial charge in [-0.05, 0) is 32.0 Å². The maximum atomic E-state index is 12.2. The molecule has 110 valence electrons. The Morgan fingerprint density at radius 2 is 1.90 bits per heavy atom. The van der Waals surface area contributed by atoms with Crippen molar-refractivity contribution >= 4 is 11.6 Å². The molecule has 0 aliphatic rings. The first-order valence-corrected chi connectivity index (χ1v) is 6.71. The zero-order valence-electron chi connectivity index (χ0n) is 12.3. The zero-order chi connectivity index (χ0) is 15.4. The summed E-state index contributed by atoms with van der Waals surface area (Å²) in [7, 11) is 1.61. The summed E-state index contributed by atoms with van der Waals surface area (Å²) in [6, 6.07) is 10.1. The number of carbonyl (C=O) groups excluding carboxylic acids is 1. The first-order chi connectivity index (χ1) is 9.97. The molecule has 0 saturated heterocycles. The standard InChI is InChI=1S/C16H18N2O3/c1-11(2)21-14-7-5-4-6-13(14)17-16(20)12-8-9-15(19)18(3)10-12/h4-11H,1-3H3,(H,17,20). The van der Waals surface area contributed by atoms with Crippen LogP contribution in [0.3, 0.4) is 0 Å². The molecule has 0 saturated carbocycles. The lowest BCUT2D eigenvalue weighted by Crippen LogP contribution is -2.20. The zero-order valence-corrected chi connectivity index (χ0v) is 12.3. The molecule has 5 heteroatoms. The van der Waals surface area contributed by atoms with E-state index in [1.54, 1.807) is 19.2 Å². The van der Waals surface area contributed by atoms with Crippen molar-refractivity contribution in [1.29, 1.82) is 0 Å². The van der Waals surface area contributed by atoms with E-state index in [-0.39, 0.29) is 17.6 Å². The largest absolute Gasteiger partial charge is 0.489 e. The summed E-state index contributed by atoms with van der Waals surface area (Å²) in [4.78, 5) is 23.6. The molecule has 0 atom stereocenters. The van der Waals surface area contributed by atoms with Crippen molar-refractivity contribution in [3.63, 3.8) is 0 Å². The topological polar surface area (TPSA) is 60.3 Å². The van der Waals surface area contributed by atoms with E-state index in [0.29, 0.717) is 17.0 Å². The molecule has 0 aliphatic heterocycles. The highest BCUT2D eigenvalue weighted by Crippen LogP contribution is 2.25. The summed E-state index contributed by atoms with van der Waals surface area (Å²) in [5.74, 6) is 0.330. The molecule has 2 aromatic rings. The van der Waals surface area contributed by atoms with Gasteiger partial charge in [-0.1, -0.05) is 12.1 Å². The van der Waals surface area contributed by atoms with E-state index in [0.717, 1.165) is 0 Å². The van der Waals surface area contributed by atoms with Crippen LogP contribution < -0.4 is 15.6 Å². The summed E-state index contributed by atoms with van der Waals surface area (Å²) in [6.07, 6.45) is 1.52. The second-order valence-electron chi connectivity index (χ2n) is 4.98. The fraction of sp³-hybridized carbons (Fsp3) is 0.250. The minimum Gasteiger partial charge on any atom is -0.489 e. The van der Waals surface area contributed by atoms with Crippen LogP contribution in [0, 0.1) is 0 Å². The quantitative estimate of drug-likeness (QED) is 0.939. The number of nitrogens with one attached hydrogen (secondary N) is 1. The number of ether oxygens (including phenoxy) is 1. The predicted octanol–water partition coefficient (Wildman–Crippen LogP) is 2.42. The first-order valence-electron chi connectivity index (χ1n) is 6.71. The number of nitrogens with zero attached hydrogens (tertiary/aromatic N) is 1. The van der Waals surface area contributed by atoms with E-state index in [1.807, 2.05) is 26.0 Å². The van der Waals surface area contributed by atoms with Crippen LogP contribution >= 0.6 is 0 Å². The molecular weight excluding hydrogens is 268 g/mol. The van der Waals surface area contributed by atoms with Crippen LogP contribution in [0.15, 0.2) is 47.4 Å². The molecule has 1 aromatic heterocycles. The van der Waals surface area contributed by atoms with Gasteiger partial charge in [-0.3, -0.25) is 9.59 Å². The normalized spacial score (nSPS) is 10.5. The maximum Gasteiger partial charge on any atom is 0.257 e. The molecule has 0 unspecified atom stereocenters. The lowest BCUT2D eigenvalue weighted by atomic mass is 10.2. The van der Waals surface area contributed by atoms with Crippen molar-refractivity contribution in [2.45, 2.75) is 20.0 Å². The highest BCUT2D eigenvalue weighted by atomic mass is 16.5. The van der Waals surface area contributed by atoms with Gasteiger partial charge in [0.2, 0.25) is 5.56 Å². The Morgan fingerprint density at radius 1 is 1.19 bits per heavy atom. The van der Waals surface area contributed by atoms with Crippen LogP contribution in [0.1, 0.15) is 24.2 Å². The van der Waals surface area contributed by atoms with E-state index < -0.39 is 0 Å². The molecule has 1 N–H and O–H groups in total. The number of carbonyl (C=O) groups is 1. The van der Waals surface area contributed by atoms with E-state index in [2.05, 4.69) is 5.32 Å². The van der Waals surface area contributed by atoms with Crippen LogP contribution in [0.5, 0.6) is 5.75 Å². The predicted molar refractivity (Wildman–Crippen MR) is 81.8 cm³/mol. The second-order valence-corrected chi connectivity index (χ2v) is 4.98. The molecule has 0 fully saturated rings. The molecule has 0 aliphatic carbocycles. The minimum absolute atomic E-state index is 0.0144. The van der Waals surface area contributed by atoms with Crippen LogP contribution in [0.25, 0.3) is 0 Å². The van der Waals surface area contributed by atoms with Gasteiger partial charge in [-0.2, -0.15) is 0 Å². The third-order valence-corrected chi connectivity index (χ3v) is 2.85. The number of benzene rings is 1. The number of rotatable bonds is 4. The van der Waals surface area contributed by atoms with Gasteiger partial charge in [0.25, 0.3) is 5.91 Å². The molecule has 1 aromatic carbocycles. The smallest absolute Gasteiger partial charge is 0.257 e. The van der Waals surface area contributed by atoms with E-state index >= 15 is 0 Å². The molecule has 1 heterocycles. The fourth-order valence-electron chi connectivity index (χ4n) is 1.85. The van der Waals surface area contributed by atoms with Crippen molar-refractivity contribution in [1.82, 2.24) is 4.57 Å². The van der Waals surface area contributed by atoms with Crippen molar-refractivity contribution < 1.29 is 9.53 Å². The lowest BCUT2D eigenvalue weighted by molar-refractivity contribution is 0.102. The van der Waals surface area contributed by atoms with Gasteiger partial charge in [0.05, 0.1) is 17.4 Å². The number of aromatic nitrogens is 1. The molecule has 2 rings (SSSR count). The first kappa shape index (κ1) is 14.8. The number of amides is 1. The second kappa shape index (κ2) is 6.26. The van der Waals surface area contributed by atoms with Gasteiger partial charge < -0.3 is 14.6 Å². The van der Waals surface area contributed by atoms with Crippen LogP contribution in [0.4, 0.5) is 5.69 Å². The van der Waals surface area contributed by atoms with Crippen LogP contribution in [0.2, 0.25) is 0 Å². The van der Waals surface area contributed by atoms with Crippen LogP contribution in [-0.2, 0) is 7.05 Å². The highest BCUT2D eigenvalue weighted by molar-refractivity contribution is 6.04. The molecular formula is C16H18N2O3. The fourth-order valence-corrected chi connectivity index (χ4v) is 1.85. The molecule has 5 nitrogen and oxygen atoms in total. The summed E-state index contributed by atoms with van der Waals surface area (Å²) in [5.41, 5.74) is 0.858. The summed E-state index contributed by atoms with van der Waals surface area (Å²) in [6.45, 7) is 3.84. The van der Waals surface area contributed by atoms with E-state index in [1.165, 1.54) is 22.9 Å². The number of pyridine rings is 1. The molecule has 0 radical (unpaired) electrons. The van der Waals surface area contributed by atoms with E-state index in [4.69, 9.17) is 4.74 Å². The molecule has 0 spiro atoms. The lowest BCUT2D eigenvalue weighted by Gasteiger charge is -2.14. The summed E-state index contributed by atoms with van der Waals surface area (Å²) < 4.78 is 7.02. The minimum atomic E-state index is -0.287. The van der Waals surface area contributed by atoms with Crippen LogP contribution in [-0.4, -0.2) is 16.6 Å². The van der Waals surface area contributed by atoms with Gasteiger partial charge >= 0.3 is 0 Å². The molecule has 21 heavy (non-hydrogen) atoms. The maximum absolute atomic E-state index is 12.2. The third-order valence-electron chi connectivity index (χ3n) is 2.85. The number of aryl methyl sites for hydroxylation is 1. The van der Waals surface area contributed by atoms with Gasteiger partial charge in [0, 0.05) is 19.3 Å². The SMILES string of the molecule is CC(C)Oc1ccccc1NC(=O)c1ccc(=O)n(C)c1. The van der Waals surface area contributed by atoms with Crippen molar-refractivity contribution in [3.8, 4) is 5.75 Å². The monoisotopic (exact) mass is 286 g/mol. The summed E-state index contributed by atoms with van der Waals surface area (Å²) in [5, 5.41) is 2.80. The Kier molecular flexibility index (Phi) is 4.42. The van der Waals surface area contributed by atoms with Gasteiger partial charge in [0.1, 0.15) is 5.75 Å². The van der Waals surface area contributed by atoms with Gasteiger partial charge in [0.15, 0.2) is 0 Å². The van der Waals surface area contributed by atoms with Crippen molar-refractivity contribution in [2.75, 3.05) is 5.32 Å². The Morgan fingerprint density at radius 3 is 2.57 bits per heavy atom. The Balaban J connectivity index is 2.23. The molecule has 1 amide bonds. The van der Waals surface area contributed by atoms with Gasteiger partial charge in [-0.25, -0.2) is 0 Å². The Labute approximate surface area is 123 Å². The Hall–Kier alpha value is -2.56. The average Bonchev–Trinajstić information content (AvgIpc) is 2.43. The molecule has 0 bridgehead atoms. The number of hydrogen-bond acceptors (Lipinski definition) is 3. The number of anilines is 1. The van der Waals surface area contributed by atoms with Gasteiger partial charge in [-0.15, -0.1) is 0 Å². The average molecular weight is 286 g/mol. The highest BCUT2D eigenvalue weighted by Gasteiger charge is 2.11. The number of para-hydroxylation sites is 2. The van der Waals surface area contributed by atoms with Crippen molar-refractivity contribution in [3.05, 3.63) is 58.5 Å². The third kappa shape index (κ3) is 3.72.